The number of aryl methyl sites for hydroxylation is 1. The van der Waals surface area contributed by atoms with Gasteiger partial charge in [-0.05, 0) is 89.0 Å². The molecule has 0 saturated carbocycles. The van der Waals surface area contributed by atoms with Crippen molar-refractivity contribution in [1.82, 2.24) is 10.3 Å². The molecule has 0 saturated heterocycles. The summed E-state index contributed by atoms with van der Waals surface area (Å²) in [5, 5.41) is 10.8. The van der Waals surface area contributed by atoms with Gasteiger partial charge in [0, 0.05) is 16.1 Å². The maximum Gasteiger partial charge on any atom is 0.272 e. The van der Waals surface area contributed by atoms with E-state index in [1.165, 1.54) is 23.1 Å². The molecule has 7 aromatic rings. The second kappa shape index (κ2) is 15.2. The summed E-state index contributed by atoms with van der Waals surface area (Å²) in [6.45, 7) is 2.03. The van der Waals surface area contributed by atoms with Crippen molar-refractivity contribution in [1.29, 1.82) is 0 Å². The smallest absolute Gasteiger partial charge is 0.272 e. The third-order valence-electron chi connectivity index (χ3n) is 8.13. The van der Waals surface area contributed by atoms with Gasteiger partial charge >= 0.3 is 0 Å². The Balaban J connectivity index is 1.11. The summed E-state index contributed by atoms with van der Waals surface area (Å²) < 4.78 is 1.02. The highest BCUT2D eigenvalue weighted by Crippen LogP contribution is 2.37. The zero-order valence-electron chi connectivity index (χ0n) is 27.5. The van der Waals surface area contributed by atoms with Gasteiger partial charge in [0.05, 0.1) is 10.2 Å². The van der Waals surface area contributed by atoms with E-state index >= 15 is 0 Å². The Kier molecular flexibility index (Phi) is 10.0. The number of nitrogens with one attached hydrogen (secondary N) is 3. The van der Waals surface area contributed by atoms with Crippen LogP contribution in [0.5, 0.6) is 0 Å². The van der Waals surface area contributed by atoms with Gasteiger partial charge in [0.25, 0.3) is 11.8 Å². The van der Waals surface area contributed by atoms with Gasteiger partial charge in [0.15, 0.2) is 5.13 Å². The predicted molar refractivity (Wildman–Crippen MR) is 209 cm³/mol. The van der Waals surface area contributed by atoms with E-state index < -0.39 is 17.1 Å². The first-order valence-corrected chi connectivity index (χ1v) is 18.0. The lowest BCUT2D eigenvalue weighted by Crippen LogP contribution is -2.30. The molecule has 51 heavy (non-hydrogen) atoms. The molecule has 1 atom stereocenters. The highest BCUT2D eigenvalue weighted by atomic mass is 32.2. The van der Waals surface area contributed by atoms with Crippen LogP contribution < -0.4 is 16.0 Å². The van der Waals surface area contributed by atoms with Gasteiger partial charge in [-0.3, -0.25) is 14.4 Å². The topological polar surface area (TPSA) is 100 Å². The zero-order chi connectivity index (χ0) is 35.2. The molecule has 9 heteroatoms. The molecular formula is C42H32N4O3S2. The molecule has 0 aliphatic carbocycles. The predicted octanol–water partition coefficient (Wildman–Crippen LogP) is 9.64. The number of nitrogens with zero attached hydrogens (tertiary/aromatic N) is 1. The number of benzene rings is 6. The fraction of sp³-hybridized carbons (Fsp3) is 0.0476. The van der Waals surface area contributed by atoms with Crippen LogP contribution in [-0.4, -0.2) is 22.7 Å². The summed E-state index contributed by atoms with van der Waals surface area (Å²) in [5.41, 5.74) is 4.70. The van der Waals surface area contributed by atoms with Crippen molar-refractivity contribution in [3.8, 4) is 0 Å². The zero-order valence-corrected chi connectivity index (χ0v) is 29.1. The van der Waals surface area contributed by atoms with Crippen LogP contribution >= 0.6 is 23.1 Å². The monoisotopic (exact) mass is 704 g/mol. The lowest BCUT2D eigenvalue weighted by Gasteiger charge is -2.17. The van der Waals surface area contributed by atoms with Gasteiger partial charge in [-0.1, -0.05) is 108 Å². The number of amides is 3. The summed E-state index contributed by atoms with van der Waals surface area (Å²) in [7, 11) is 0. The van der Waals surface area contributed by atoms with Crippen molar-refractivity contribution in [2.45, 2.75) is 17.1 Å². The Labute approximate surface area is 303 Å². The normalized spacial score (nSPS) is 12.0. The van der Waals surface area contributed by atoms with E-state index in [1.807, 2.05) is 110 Å². The van der Waals surface area contributed by atoms with Crippen molar-refractivity contribution in [2.24, 2.45) is 0 Å². The number of thioether (sulfide) groups is 1. The number of aromatic nitrogens is 1. The van der Waals surface area contributed by atoms with Gasteiger partial charge < -0.3 is 16.0 Å². The van der Waals surface area contributed by atoms with E-state index in [9.17, 15) is 14.4 Å². The van der Waals surface area contributed by atoms with Gasteiger partial charge in [0.2, 0.25) is 5.91 Å². The summed E-state index contributed by atoms with van der Waals surface area (Å²) in [5.74, 6) is -1.05. The van der Waals surface area contributed by atoms with E-state index in [2.05, 4.69) is 27.0 Å². The first kappa shape index (κ1) is 33.5. The molecule has 0 aliphatic rings. The molecule has 7 rings (SSSR count). The summed E-state index contributed by atoms with van der Waals surface area (Å²) in [4.78, 5) is 46.1. The number of carbonyl (C=O) groups is 3. The standard InChI is InChI=1S/C42H32N4O3S2/c1-27-19-24-35-37(25-27)51-42(45-35)46-41(49)38(29-12-4-2-5-13-29)50-33-22-20-32(21-23-33)43-40(48)36(44-39(47)30-14-6-3-7-15-30)26-31-17-10-16-28-11-8-9-18-34(28)31/h2-26,38H,1H3,(H,43,48)(H,44,47)(H,45,46,49)/b36-26-. The fourth-order valence-electron chi connectivity index (χ4n) is 5.58. The number of rotatable bonds is 10. The van der Waals surface area contributed by atoms with Crippen LogP contribution in [0.25, 0.3) is 27.1 Å². The average Bonchev–Trinajstić information content (AvgIpc) is 3.56. The second-order valence-electron chi connectivity index (χ2n) is 11.8. The molecule has 3 N–H and O–H groups in total. The molecule has 1 heterocycles. The van der Waals surface area contributed by atoms with Crippen LogP contribution in [0.4, 0.5) is 10.8 Å². The third kappa shape index (κ3) is 8.07. The molecular weight excluding hydrogens is 673 g/mol. The van der Waals surface area contributed by atoms with Crippen molar-refractivity contribution in [2.75, 3.05) is 10.6 Å². The van der Waals surface area contributed by atoms with Crippen LogP contribution in [0.1, 0.15) is 32.3 Å². The first-order chi connectivity index (χ1) is 24.9. The Morgan fingerprint density at radius 3 is 2.24 bits per heavy atom. The molecule has 1 unspecified atom stereocenters. The Morgan fingerprint density at radius 1 is 0.745 bits per heavy atom. The van der Waals surface area contributed by atoms with Crippen molar-refractivity contribution < 1.29 is 14.4 Å². The SMILES string of the molecule is Cc1ccc2nc(NC(=O)C(Sc3ccc(NC(=O)/C(=C/c4cccc5ccccc45)NC(=O)c4ccccc4)cc3)c3ccccc3)sc2c1. The number of fused-ring (bicyclic) bond motifs is 2. The van der Waals surface area contributed by atoms with Crippen LogP contribution in [0.3, 0.4) is 0 Å². The molecule has 250 valence electrons. The Hall–Kier alpha value is -6.03. The molecule has 0 fully saturated rings. The Bertz CT molecular complexity index is 2390. The fourth-order valence-corrected chi connectivity index (χ4v) is 7.57. The third-order valence-corrected chi connectivity index (χ3v) is 10.3. The minimum absolute atomic E-state index is 0.101. The van der Waals surface area contributed by atoms with Crippen molar-refractivity contribution in [3.63, 3.8) is 0 Å². The minimum Gasteiger partial charge on any atom is -0.321 e. The second-order valence-corrected chi connectivity index (χ2v) is 14.0. The summed E-state index contributed by atoms with van der Waals surface area (Å²) >= 11 is 2.85. The summed E-state index contributed by atoms with van der Waals surface area (Å²) in [6.07, 6.45) is 1.69. The number of anilines is 2. The highest BCUT2D eigenvalue weighted by Gasteiger charge is 2.24. The van der Waals surface area contributed by atoms with Gasteiger partial charge in [-0.2, -0.15) is 0 Å². The number of thiazole rings is 1. The Morgan fingerprint density at radius 2 is 1.45 bits per heavy atom. The molecule has 0 aliphatic heterocycles. The summed E-state index contributed by atoms with van der Waals surface area (Å²) in [6, 6.07) is 45.4. The van der Waals surface area contributed by atoms with E-state index in [-0.39, 0.29) is 11.6 Å². The maximum absolute atomic E-state index is 13.8. The lowest BCUT2D eigenvalue weighted by atomic mass is 10.0. The molecule has 3 amide bonds. The average molecular weight is 705 g/mol. The quantitative estimate of drug-likeness (QED) is 0.0973. The lowest BCUT2D eigenvalue weighted by molar-refractivity contribution is -0.116. The van der Waals surface area contributed by atoms with E-state index in [4.69, 9.17) is 0 Å². The molecule has 0 radical (unpaired) electrons. The van der Waals surface area contributed by atoms with Gasteiger partial charge in [-0.15, -0.1) is 11.8 Å². The molecule has 6 aromatic carbocycles. The van der Waals surface area contributed by atoms with E-state index in [0.29, 0.717) is 16.4 Å². The number of hydrogen-bond acceptors (Lipinski definition) is 6. The molecule has 0 spiro atoms. The number of carbonyl (C=O) groups excluding carboxylic acids is 3. The van der Waals surface area contributed by atoms with E-state index in [0.717, 1.165) is 42.6 Å². The molecule has 1 aromatic heterocycles. The van der Waals surface area contributed by atoms with Gasteiger partial charge in [0.1, 0.15) is 10.9 Å². The van der Waals surface area contributed by atoms with Crippen LogP contribution in [-0.2, 0) is 9.59 Å². The van der Waals surface area contributed by atoms with Crippen LogP contribution in [0.15, 0.2) is 156 Å². The van der Waals surface area contributed by atoms with Crippen molar-refractivity contribution in [3.05, 3.63) is 174 Å². The minimum atomic E-state index is -0.552. The largest absolute Gasteiger partial charge is 0.321 e. The van der Waals surface area contributed by atoms with Gasteiger partial charge in [-0.25, -0.2) is 4.98 Å². The molecule has 0 bridgehead atoms. The highest BCUT2D eigenvalue weighted by molar-refractivity contribution is 8.00. The van der Waals surface area contributed by atoms with E-state index in [1.54, 1.807) is 42.5 Å². The van der Waals surface area contributed by atoms with Crippen LogP contribution in [0.2, 0.25) is 0 Å². The number of hydrogen-bond donors (Lipinski definition) is 3. The molecule has 7 nitrogen and oxygen atoms in total. The van der Waals surface area contributed by atoms with Crippen molar-refractivity contribution >= 4 is 78.7 Å². The maximum atomic E-state index is 13.8. The van der Waals surface area contributed by atoms with Crippen LogP contribution in [0, 0.1) is 6.92 Å². The first-order valence-electron chi connectivity index (χ1n) is 16.3.